The number of rotatable bonds is 4. The summed E-state index contributed by atoms with van der Waals surface area (Å²) < 4.78 is 17.7. The zero-order valence-corrected chi connectivity index (χ0v) is 10.8. The van der Waals surface area contributed by atoms with Crippen molar-refractivity contribution in [3.63, 3.8) is 0 Å². The van der Waals surface area contributed by atoms with Gasteiger partial charge in [0.25, 0.3) is 5.91 Å². The molecule has 0 bridgehead atoms. The van der Waals surface area contributed by atoms with Crippen molar-refractivity contribution in [3.05, 3.63) is 65.5 Å². The van der Waals surface area contributed by atoms with Crippen LogP contribution in [0.3, 0.4) is 0 Å². The molecule has 1 N–H and O–H groups in total. The molecule has 2 aromatic rings. The summed E-state index contributed by atoms with van der Waals surface area (Å²) in [5, 5.41) is 3.82. The van der Waals surface area contributed by atoms with Crippen molar-refractivity contribution in [1.82, 2.24) is 5.43 Å². The molecule has 0 saturated heterocycles. The Morgan fingerprint density at radius 1 is 1.25 bits per heavy atom. The maximum absolute atomic E-state index is 12.7. The predicted molar refractivity (Wildman–Crippen MR) is 74.5 cm³/mol. The van der Waals surface area contributed by atoms with Gasteiger partial charge in [0.15, 0.2) is 0 Å². The summed E-state index contributed by atoms with van der Waals surface area (Å²) in [5.41, 5.74) is 3.53. The van der Waals surface area contributed by atoms with Crippen LogP contribution < -0.4 is 10.2 Å². The standard InChI is InChI=1S/C15H13FN2O2/c1-20-14-4-2-3-12(9-14)15(19)18-17-10-11-5-7-13(16)8-6-11/h2-10H,1H3,(H,18,19)/b17-10-. The van der Waals surface area contributed by atoms with Crippen LogP contribution >= 0.6 is 0 Å². The molecule has 4 nitrogen and oxygen atoms in total. The minimum atomic E-state index is -0.345. The van der Waals surface area contributed by atoms with Gasteiger partial charge in [0.05, 0.1) is 13.3 Å². The lowest BCUT2D eigenvalue weighted by Gasteiger charge is -2.02. The highest BCUT2D eigenvalue weighted by atomic mass is 19.1. The second-order valence-electron chi connectivity index (χ2n) is 3.98. The molecule has 2 aromatic carbocycles. The first-order chi connectivity index (χ1) is 9.69. The van der Waals surface area contributed by atoms with E-state index in [0.717, 1.165) is 0 Å². The molecule has 0 aliphatic heterocycles. The van der Waals surface area contributed by atoms with Crippen LogP contribution in [0.4, 0.5) is 4.39 Å². The lowest BCUT2D eigenvalue weighted by molar-refractivity contribution is 0.0955. The Hall–Kier alpha value is -2.69. The van der Waals surface area contributed by atoms with Crippen LogP contribution in [0.5, 0.6) is 5.75 Å². The van der Waals surface area contributed by atoms with E-state index in [2.05, 4.69) is 10.5 Å². The van der Waals surface area contributed by atoms with Crippen molar-refractivity contribution in [3.8, 4) is 5.75 Å². The molecule has 0 heterocycles. The number of amides is 1. The number of carbonyl (C=O) groups excluding carboxylic acids is 1. The van der Waals surface area contributed by atoms with Gasteiger partial charge in [-0.1, -0.05) is 18.2 Å². The minimum absolute atomic E-state index is 0.317. The highest BCUT2D eigenvalue weighted by molar-refractivity contribution is 5.95. The van der Waals surface area contributed by atoms with Crippen LogP contribution in [0.25, 0.3) is 0 Å². The minimum Gasteiger partial charge on any atom is -0.497 e. The van der Waals surface area contributed by atoms with E-state index < -0.39 is 0 Å². The van der Waals surface area contributed by atoms with E-state index in [1.807, 2.05) is 0 Å². The maximum Gasteiger partial charge on any atom is 0.271 e. The summed E-state index contributed by atoms with van der Waals surface area (Å²) in [6, 6.07) is 12.5. The van der Waals surface area contributed by atoms with Gasteiger partial charge in [0, 0.05) is 5.56 Å². The lowest BCUT2D eigenvalue weighted by atomic mass is 10.2. The quantitative estimate of drug-likeness (QED) is 0.687. The topological polar surface area (TPSA) is 50.7 Å². The van der Waals surface area contributed by atoms with Gasteiger partial charge in [0.1, 0.15) is 11.6 Å². The third kappa shape index (κ3) is 3.65. The highest BCUT2D eigenvalue weighted by Crippen LogP contribution is 2.12. The largest absolute Gasteiger partial charge is 0.497 e. The highest BCUT2D eigenvalue weighted by Gasteiger charge is 2.04. The van der Waals surface area contributed by atoms with Gasteiger partial charge >= 0.3 is 0 Å². The van der Waals surface area contributed by atoms with Gasteiger partial charge in [0.2, 0.25) is 0 Å². The first-order valence-corrected chi connectivity index (χ1v) is 5.92. The van der Waals surface area contributed by atoms with Crippen LogP contribution in [0, 0.1) is 5.82 Å². The Bertz CT molecular complexity index is 624. The van der Waals surface area contributed by atoms with E-state index in [9.17, 15) is 9.18 Å². The average Bonchev–Trinajstić information content (AvgIpc) is 2.49. The smallest absolute Gasteiger partial charge is 0.271 e. The molecule has 0 saturated carbocycles. The van der Waals surface area contributed by atoms with Gasteiger partial charge in [-0.25, -0.2) is 9.82 Å². The Morgan fingerprint density at radius 2 is 2.00 bits per heavy atom. The molecule has 0 spiro atoms. The number of nitrogens with zero attached hydrogens (tertiary/aromatic N) is 1. The summed E-state index contributed by atoms with van der Waals surface area (Å²) in [6.45, 7) is 0. The van der Waals surface area contributed by atoms with Crippen molar-refractivity contribution in [1.29, 1.82) is 0 Å². The van der Waals surface area contributed by atoms with E-state index in [-0.39, 0.29) is 11.7 Å². The number of ether oxygens (including phenoxy) is 1. The summed E-state index contributed by atoms with van der Waals surface area (Å²) in [6.07, 6.45) is 1.44. The number of hydrogen-bond acceptors (Lipinski definition) is 3. The third-order valence-corrected chi connectivity index (χ3v) is 2.58. The van der Waals surface area contributed by atoms with E-state index in [0.29, 0.717) is 16.9 Å². The third-order valence-electron chi connectivity index (χ3n) is 2.58. The zero-order chi connectivity index (χ0) is 14.4. The molecular formula is C15H13FN2O2. The molecule has 20 heavy (non-hydrogen) atoms. The zero-order valence-electron chi connectivity index (χ0n) is 10.8. The molecule has 2 rings (SSSR count). The second kappa shape index (κ2) is 6.47. The first-order valence-electron chi connectivity index (χ1n) is 5.92. The van der Waals surface area contributed by atoms with Crippen molar-refractivity contribution in [2.24, 2.45) is 5.10 Å². The Balaban J connectivity index is 1.99. The van der Waals surface area contributed by atoms with Crippen LogP contribution in [-0.4, -0.2) is 19.2 Å². The number of hydrogen-bond donors (Lipinski definition) is 1. The molecule has 0 atom stereocenters. The van der Waals surface area contributed by atoms with Crippen LogP contribution in [0.2, 0.25) is 0 Å². The lowest BCUT2D eigenvalue weighted by Crippen LogP contribution is -2.17. The van der Waals surface area contributed by atoms with Gasteiger partial charge < -0.3 is 4.74 Å². The van der Waals surface area contributed by atoms with Crippen LogP contribution in [0.15, 0.2) is 53.6 Å². The molecule has 0 aliphatic rings. The fourth-order valence-electron chi connectivity index (χ4n) is 1.54. The maximum atomic E-state index is 12.7. The van der Waals surface area contributed by atoms with Crippen LogP contribution in [0.1, 0.15) is 15.9 Å². The van der Waals surface area contributed by atoms with Gasteiger partial charge in [-0.3, -0.25) is 4.79 Å². The van der Waals surface area contributed by atoms with Crippen molar-refractivity contribution < 1.29 is 13.9 Å². The summed E-state index contributed by atoms with van der Waals surface area (Å²) in [5.74, 6) is -0.0648. The van der Waals surface area contributed by atoms with Gasteiger partial charge in [-0.05, 0) is 35.9 Å². The van der Waals surface area contributed by atoms with E-state index in [4.69, 9.17) is 4.74 Å². The Kier molecular flexibility index (Phi) is 4.44. The monoisotopic (exact) mass is 272 g/mol. The van der Waals surface area contributed by atoms with Crippen molar-refractivity contribution in [2.45, 2.75) is 0 Å². The van der Waals surface area contributed by atoms with Crippen molar-refractivity contribution in [2.75, 3.05) is 7.11 Å². The fourth-order valence-corrected chi connectivity index (χ4v) is 1.54. The molecule has 0 radical (unpaired) electrons. The number of nitrogens with one attached hydrogen (secondary N) is 1. The summed E-state index contributed by atoms with van der Waals surface area (Å²) in [7, 11) is 1.53. The van der Waals surface area contributed by atoms with Crippen molar-refractivity contribution >= 4 is 12.1 Å². The summed E-state index contributed by atoms with van der Waals surface area (Å²) >= 11 is 0. The first kappa shape index (κ1) is 13.7. The molecule has 5 heteroatoms. The van der Waals surface area contributed by atoms with Crippen LogP contribution in [-0.2, 0) is 0 Å². The SMILES string of the molecule is COc1cccc(C(=O)N/N=C\c2ccc(F)cc2)c1. The normalized spacial score (nSPS) is 10.5. The second-order valence-corrected chi connectivity index (χ2v) is 3.98. The number of halogens is 1. The summed E-state index contributed by atoms with van der Waals surface area (Å²) in [4.78, 5) is 11.8. The average molecular weight is 272 g/mol. The van der Waals surface area contributed by atoms with Gasteiger partial charge in [-0.15, -0.1) is 0 Å². The molecule has 0 unspecified atom stereocenters. The van der Waals surface area contributed by atoms with E-state index in [1.54, 1.807) is 36.4 Å². The molecular weight excluding hydrogens is 259 g/mol. The number of hydrazone groups is 1. The van der Waals surface area contributed by atoms with E-state index in [1.165, 1.54) is 25.5 Å². The number of methoxy groups -OCH3 is 1. The Morgan fingerprint density at radius 3 is 2.70 bits per heavy atom. The molecule has 102 valence electrons. The Labute approximate surface area is 115 Å². The van der Waals surface area contributed by atoms with Gasteiger partial charge in [-0.2, -0.15) is 5.10 Å². The predicted octanol–water partition coefficient (Wildman–Crippen LogP) is 2.60. The molecule has 1 amide bonds. The number of benzene rings is 2. The molecule has 0 aromatic heterocycles. The number of carbonyl (C=O) groups is 1. The molecule has 0 fully saturated rings. The molecule has 0 aliphatic carbocycles. The fraction of sp³-hybridized carbons (Fsp3) is 0.0667. The van der Waals surface area contributed by atoms with E-state index >= 15 is 0 Å².